The van der Waals surface area contributed by atoms with Crippen molar-refractivity contribution in [3.63, 3.8) is 0 Å². The molecule has 0 bridgehead atoms. The van der Waals surface area contributed by atoms with Crippen LogP contribution < -0.4 is 0 Å². The number of thioether (sulfide) groups is 2. The first-order valence-corrected chi connectivity index (χ1v) is 18.0. The van der Waals surface area contributed by atoms with Gasteiger partial charge in [-0.2, -0.15) is 23.5 Å². The Morgan fingerprint density at radius 2 is 0.730 bits per heavy atom. The molecule has 0 amide bonds. The lowest BCUT2D eigenvalue weighted by molar-refractivity contribution is -0.153. The molecule has 220 valence electrons. The second kappa shape index (κ2) is 31.9. The van der Waals surface area contributed by atoms with E-state index < -0.39 is 11.9 Å². The van der Waals surface area contributed by atoms with Gasteiger partial charge in [-0.05, 0) is 24.3 Å². The van der Waals surface area contributed by atoms with E-state index in [4.69, 9.17) is 9.47 Å². The van der Waals surface area contributed by atoms with Gasteiger partial charge in [0.05, 0.1) is 0 Å². The lowest BCUT2D eigenvalue weighted by atomic mass is 10.1. The number of rotatable bonds is 30. The largest absolute Gasteiger partial charge is 0.464 e. The minimum absolute atomic E-state index is 0.272. The molecule has 0 aromatic carbocycles. The molecule has 0 N–H and O–H groups in total. The first-order valence-electron chi connectivity index (χ1n) is 15.7. The second-order valence-electron chi connectivity index (χ2n) is 10.2. The third kappa shape index (κ3) is 31.8. The Morgan fingerprint density at radius 1 is 0.432 bits per heavy atom. The number of ether oxygens (including phenoxy) is 2. The van der Waals surface area contributed by atoms with E-state index in [9.17, 15) is 9.59 Å². The van der Waals surface area contributed by atoms with Gasteiger partial charge < -0.3 is 9.47 Å². The van der Waals surface area contributed by atoms with Gasteiger partial charge in [0.1, 0.15) is 19.6 Å². The van der Waals surface area contributed by atoms with Gasteiger partial charge in [0.15, 0.2) is 0 Å². The Balaban J connectivity index is 3.28. The van der Waals surface area contributed by atoms with Crippen molar-refractivity contribution in [3.8, 4) is 0 Å². The molecule has 37 heavy (non-hydrogen) atoms. The Labute approximate surface area is 238 Å². The van der Waals surface area contributed by atoms with Gasteiger partial charge in [-0.15, -0.1) is 0 Å². The topological polar surface area (TPSA) is 52.6 Å². The lowest BCUT2D eigenvalue weighted by Crippen LogP contribution is -2.16. The van der Waals surface area contributed by atoms with E-state index in [1.807, 2.05) is 23.5 Å². The Morgan fingerprint density at radius 3 is 1.05 bits per heavy atom. The number of unbranched alkanes of at least 4 members (excludes halogenated alkanes) is 18. The molecule has 0 saturated heterocycles. The summed E-state index contributed by atoms with van der Waals surface area (Å²) in [6.45, 7) is 5.28. The highest BCUT2D eigenvalue weighted by molar-refractivity contribution is 7.99. The normalized spacial score (nSPS) is 11.1. The fourth-order valence-corrected chi connectivity index (χ4v) is 5.86. The summed E-state index contributed by atoms with van der Waals surface area (Å²) in [7, 11) is 0. The van der Waals surface area contributed by atoms with Gasteiger partial charge in [-0.1, -0.05) is 129 Å². The molecular formula is C31H60O4S2. The Bertz CT molecular complexity index is 446. The van der Waals surface area contributed by atoms with Crippen LogP contribution in [0.2, 0.25) is 0 Å². The van der Waals surface area contributed by atoms with Crippen LogP contribution in [0.3, 0.4) is 0 Å². The smallest absolute Gasteiger partial charge is 0.317 e. The van der Waals surface area contributed by atoms with Gasteiger partial charge in [0.25, 0.3) is 0 Å². The predicted molar refractivity (Wildman–Crippen MR) is 165 cm³/mol. The van der Waals surface area contributed by atoms with Gasteiger partial charge >= 0.3 is 11.9 Å². The highest BCUT2D eigenvalue weighted by Crippen LogP contribution is 2.14. The number of hydrogen-bond acceptors (Lipinski definition) is 6. The second-order valence-corrected chi connectivity index (χ2v) is 12.7. The van der Waals surface area contributed by atoms with Crippen LogP contribution >= 0.6 is 23.5 Å². The molecule has 0 aliphatic carbocycles. The predicted octanol–water partition coefficient (Wildman–Crippen LogP) is 9.77. The quantitative estimate of drug-likeness (QED) is 0.0495. The zero-order valence-electron chi connectivity index (χ0n) is 24.5. The highest BCUT2D eigenvalue weighted by Gasteiger charge is 2.11. The van der Waals surface area contributed by atoms with Crippen LogP contribution in [-0.4, -0.2) is 48.2 Å². The van der Waals surface area contributed by atoms with Crippen molar-refractivity contribution in [2.24, 2.45) is 0 Å². The van der Waals surface area contributed by atoms with Crippen molar-refractivity contribution in [3.05, 3.63) is 0 Å². The molecular weight excluding hydrogens is 500 g/mol. The summed E-state index contributed by atoms with van der Waals surface area (Å²) in [6.07, 6.45) is 26.8. The molecule has 0 fully saturated rings. The third-order valence-corrected chi connectivity index (χ3v) is 8.62. The van der Waals surface area contributed by atoms with Crippen LogP contribution in [0.25, 0.3) is 0 Å². The van der Waals surface area contributed by atoms with Crippen molar-refractivity contribution < 1.29 is 19.1 Å². The Kier molecular flexibility index (Phi) is 31.5. The number of carbonyl (C=O) groups is 2. The van der Waals surface area contributed by atoms with Crippen LogP contribution in [0.5, 0.6) is 0 Å². The molecule has 0 radical (unpaired) electrons. The van der Waals surface area contributed by atoms with Crippen LogP contribution in [-0.2, 0) is 19.1 Å². The summed E-state index contributed by atoms with van der Waals surface area (Å²) < 4.78 is 10.3. The maximum Gasteiger partial charge on any atom is 0.317 e. The molecule has 0 atom stereocenters. The molecule has 0 spiro atoms. The summed E-state index contributed by atoms with van der Waals surface area (Å²) in [4.78, 5) is 23.6. The number of esters is 2. The summed E-state index contributed by atoms with van der Waals surface area (Å²) in [5.74, 6) is 2.90. The standard InChI is InChI=1S/C31H60O4S2/c1-3-5-7-9-11-13-15-17-19-21-25-36-27-23-34-30(32)29-31(33)35-24-28-37-26-22-20-18-16-14-12-10-8-6-4-2/h3-29H2,1-2H3. The average molecular weight is 561 g/mol. The van der Waals surface area contributed by atoms with Crippen LogP contribution in [0.4, 0.5) is 0 Å². The van der Waals surface area contributed by atoms with E-state index in [0.29, 0.717) is 13.2 Å². The number of hydrogen-bond donors (Lipinski definition) is 0. The lowest BCUT2D eigenvalue weighted by Gasteiger charge is -2.06. The molecule has 0 rings (SSSR count). The van der Waals surface area contributed by atoms with Crippen molar-refractivity contribution >= 4 is 35.5 Å². The van der Waals surface area contributed by atoms with Crippen molar-refractivity contribution in [2.75, 3.05) is 36.2 Å². The first-order chi connectivity index (χ1) is 18.2. The molecule has 0 aromatic rings. The molecule has 0 heterocycles. The Hall–Kier alpha value is -0.360. The average Bonchev–Trinajstić information content (AvgIpc) is 2.89. The summed E-state index contributed by atoms with van der Waals surface area (Å²) in [5, 5.41) is 0. The van der Waals surface area contributed by atoms with Crippen LogP contribution in [0, 0.1) is 0 Å². The first kappa shape index (κ1) is 36.6. The summed E-state index contributed by atoms with van der Waals surface area (Å²) in [5.41, 5.74) is 0. The maximum absolute atomic E-state index is 11.8. The zero-order chi connectivity index (χ0) is 27.1. The van der Waals surface area contributed by atoms with E-state index >= 15 is 0 Å². The van der Waals surface area contributed by atoms with Crippen LogP contribution in [0.15, 0.2) is 0 Å². The van der Waals surface area contributed by atoms with E-state index in [1.54, 1.807) is 0 Å². The van der Waals surface area contributed by atoms with Gasteiger partial charge in [-0.3, -0.25) is 9.59 Å². The molecule has 0 saturated carbocycles. The monoisotopic (exact) mass is 560 g/mol. The zero-order valence-corrected chi connectivity index (χ0v) is 26.2. The van der Waals surface area contributed by atoms with Gasteiger partial charge in [0, 0.05) is 11.5 Å². The molecule has 4 nitrogen and oxygen atoms in total. The minimum atomic E-state index is -0.470. The van der Waals surface area contributed by atoms with Crippen LogP contribution in [0.1, 0.15) is 149 Å². The maximum atomic E-state index is 11.8. The summed E-state index contributed by atoms with van der Waals surface area (Å²) >= 11 is 3.65. The molecule has 0 aliphatic rings. The fourth-order valence-electron chi connectivity index (χ4n) is 4.24. The molecule has 6 heteroatoms. The van der Waals surface area contributed by atoms with E-state index in [0.717, 1.165) is 23.0 Å². The molecule has 0 unspecified atom stereocenters. The van der Waals surface area contributed by atoms with E-state index in [1.165, 1.54) is 128 Å². The third-order valence-electron chi connectivity index (χ3n) is 6.55. The number of carbonyl (C=O) groups excluding carboxylic acids is 2. The van der Waals surface area contributed by atoms with Gasteiger partial charge in [0.2, 0.25) is 0 Å². The fraction of sp³-hybridized carbons (Fsp3) is 0.935. The molecule has 0 aliphatic heterocycles. The minimum Gasteiger partial charge on any atom is -0.464 e. The van der Waals surface area contributed by atoms with Crippen molar-refractivity contribution in [1.29, 1.82) is 0 Å². The summed E-state index contributed by atoms with van der Waals surface area (Å²) in [6, 6.07) is 0. The van der Waals surface area contributed by atoms with Crippen molar-refractivity contribution in [2.45, 2.75) is 149 Å². The van der Waals surface area contributed by atoms with E-state index in [-0.39, 0.29) is 6.42 Å². The van der Waals surface area contributed by atoms with Crippen molar-refractivity contribution in [1.82, 2.24) is 0 Å². The van der Waals surface area contributed by atoms with E-state index in [2.05, 4.69) is 13.8 Å². The molecule has 0 aromatic heterocycles. The highest BCUT2D eigenvalue weighted by atomic mass is 32.2. The van der Waals surface area contributed by atoms with Gasteiger partial charge in [-0.25, -0.2) is 0 Å². The SMILES string of the molecule is CCCCCCCCCCCCSCCOC(=O)CC(=O)OCCSCCCCCCCCCCCC.